The number of fused-ring (bicyclic) bond motifs is 1. The van der Waals surface area contributed by atoms with Crippen LogP contribution in [-0.4, -0.2) is 18.0 Å². The van der Waals surface area contributed by atoms with Gasteiger partial charge >= 0.3 is 0 Å². The molecule has 2 aromatic carbocycles. The van der Waals surface area contributed by atoms with Crippen LogP contribution in [0, 0.1) is 0 Å². The molecule has 0 aliphatic rings. The lowest BCUT2D eigenvalue weighted by molar-refractivity contribution is -0.114. The maximum atomic E-state index is 11.3. The van der Waals surface area contributed by atoms with Gasteiger partial charge in [0.1, 0.15) is 11.3 Å². The average Bonchev–Trinajstić information content (AvgIpc) is 2.89. The molecule has 0 fully saturated rings. The molecule has 0 spiro atoms. The van der Waals surface area contributed by atoms with Crippen molar-refractivity contribution in [3.05, 3.63) is 42.5 Å². The van der Waals surface area contributed by atoms with Crippen molar-refractivity contribution < 1.29 is 13.9 Å². The van der Waals surface area contributed by atoms with Gasteiger partial charge in [0.05, 0.1) is 18.4 Å². The van der Waals surface area contributed by atoms with Crippen molar-refractivity contribution in [1.29, 1.82) is 0 Å². The summed E-state index contributed by atoms with van der Waals surface area (Å²) in [6, 6.07) is 12.8. The molecular formula is C16H14N2O3. The first-order valence-corrected chi connectivity index (χ1v) is 6.49. The highest BCUT2D eigenvalue weighted by Crippen LogP contribution is 2.31. The van der Waals surface area contributed by atoms with E-state index in [4.69, 9.17) is 9.15 Å². The van der Waals surface area contributed by atoms with Crippen LogP contribution in [0.2, 0.25) is 0 Å². The van der Waals surface area contributed by atoms with Crippen LogP contribution in [0.3, 0.4) is 0 Å². The standard InChI is InChI=1S/C16H14N2O3/c1-10(19)17-13-6-4-3-5-12(13)16-18-14-9-11(20-2)7-8-15(14)21-16/h3-9H,1-2H3,(H,17,19). The number of methoxy groups -OCH3 is 1. The number of benzene rings is 2. The van der Waals surface area contributed by atoms with E-state index in [2.05, 4.69) is 10.3 Å². The van der Waals surface area contributed by atoms with Gasteiger partial charge in [0, 0.05) is 13.0 Å². The van der Waals surface area contributed by atoms with Crippen LogP contribution in [0.25, 0.3) is 22.6 Å². The maximum absolute atomic E-state index is 11.3. The summed E-state index contributed by atoms with van der Waals surface area (Å²) in [7, 11) is 1.61. The van der Waals surface area contributed by atoms with Crippen molar-refractivity contribution >= 4 is 22.7 Å². The molecule has 1 N–H and O–H groups in total. The van der Waals surface area contributed by atoms with E-state index in [1.165, 1.54) is 6.92 Å². The van der Waals surface area contributed by atoms with Crippen LogP contribution in [0.1, 0.15) is 6.92 Å². The Hall–Kier alpha value is -2.82. The Bertz CT molecular complexity index is 808. The van der Waals surface area contributed by atoms with Crippen molar-refractivity contribution in [3.63, 3.8) is 0 Å². The Labute approximate surface area is 121 Å². The number of hydrogen-bond acceptors (Lipinski definition) is 4. The molecule has 3 rings (SSSR count). The van der Waals surface area contributed by atoms with Gasteiger partial charge in [-0.2, -0.15) is 0 Å². The van der Waals surface area contributed by atoms with E-state index in [9.17, 15) is 4.79 Å². The smallest absolute Gasteiger partial charge is 0.229 e. The highest BCUT2D eigenvalue weighted by atomic mass is 16.5. The molecule has 0 atom stereocenters. The number of oxazole rings is 1. The van der Waals surface area contributed by atoms with Crippen molar-refractivity contribution in [2.24, 2.45) is 0 Å². The molecule has 1 heterocycles. The number of nitrogens with one attached hydrogen (secondary N) is 1. The van der Waals surface area contributed by atoms with Gasteiger partial charge in [-0.15, -0.1) is 0 Å². The molecule has 5 nitrogen and oxygen atoms in total. The number of aromatic nitrogens is 1. The molecule has 0 aliphatic carbocycles. The number of carbonyl (C=O) groups is 1. The quantitative estimate of drug-likeness (QED) is 0.799. The Morgan fingerprint density at radius 1 is 1.24 bits per heavy atom. The number of ether oxygens (including phenoxy) is 1. The van der Waals surface area contributed by atoms with Gasteiger partial charge in [0.25, 0.3) is 0 Å². The number of nitrogens with zero attached hydrogens (tertiary/aromatic N) is 1. The van der Waals surface area contributed by atoms with E-state index in [1.54, 1.807) is 7.11 Å². The number of hydrogen-bond donors (Lipinski definition) is 1. The van der Waals surface area contributed by atoms with E-state index < -0.39 is 0 Å². The van der Waals surface area contributed by atoms with Crippen LogP contribution in [0.15, 0.2) is 46.9 Å². The number of para-hydroxylation sites is 1. The molecule has 0 unspecified atom stereocenters. The Morgan fingerprint density at radius 3 is 2.81 bits per heavy atom. The molecule has 1 amide bonds. The van der Waals surface area contributed by atoms with Gasteiger partial charge in [-0.3, -0.25) is 4.79 Å². The summed E-state index contributed by atoms with van der Waals surface area (Å²) >= 11 is 0. The van der Waals surface area contributed by atoms with Crippen LogP contribution in [0.4, 0.5) is 5.69 Å². The molecule has 106 valence electrons. The Balaban J connectivity index is 2.10. The molecule has 0 radical (unpaired) electrons. The largest absolute Gasteiger partial charge is 0.497 e. The van der Waals surface area contributed by atoms with E-state index in [-0.39, 0.29) is 5.91 Å². The molecule has 3 aromatic rings. The molecular weight excluding hydrogens is 268 g/mol. The zero-order valence-electron chi connectivity index (χ0n) is 11.7. The first kappa shape index (κ1) is 13.2. The van der Waals surface area contributed by atoms with Crippen LogP contribution >= 0.6 is 0 Å². The van der Waals surface area contributed by atoms with Crippen molar-refractivity contribution in [2.75, 3.05) is 12.4 Å². The SMILES string of the molecule is COc1ccc2oc(-c3ccccc3NC(C)=O)nc2c1. The third kappa shape index (κ3) is 2.58. The first-order chi connectivity index (χ1) is 10.2. The van der Waals surface area contributed by atoms with E-state index in [1.807, 2.05) is 42.5 Å². The van der Waals surface area contributed by atoms with Gasteiger partial charge in [0.2, 0.25) is 11.8 Å². The summed E-state index contributed by atoms with van der Waals surface area (Å²) in [5.74, 6) is 1.04. The predicted octanol–water partition coefficient (Wildman–Crippen LogP) is 3.46. The number of anilines is 1. The monoisotopic (exact) mass is 282 g/mol. The zero-order valence-corrected chi connectivity index (χ0v) is 11.7. The number of rotatable bonds is 3. The van der Waals surface area contributed by atoms with E-state index >= 15 is 0 Å². The first-order valence-electron chi connectivity index (χ1n) is 6.49. The summed E-state index contributed by atoms with van der Waals surface area (Å²) in [6.07, 6.45) is 0. The van der Waals surface area contributed by atoms with Gasteiger partial charge in [-0.05, 0) is 24.3 Å². The molecule has 0 bridgehead atoms. The lowest BCUT2D eigenvalue weighted by Gasteiger charge is -2.05. The third-order valence-corrected chi connectivity index (χ3v) is 3.06. The second-order valence-electron chi connectivity index (χ2n) is 4.58. The highest BCUT2D eigenvalue weighted by molar-refractivity contribution is 5.93. The van der Waals surface area contributed by atoms with Crippen LogP contribution in [-0.2, 0) is 4.79 Å². The molecule has 0 aliphatic heterocycles. The van der Waals surface area contributed by atoms with Crippen molar-refractivity contribution in [1.82, 2.24) is 4.98 Å². The van der Waals surface area contributed by atoms with Crippen molar-refractivity contribution in [3.8, 4) is 17.2 Å². The Kier molecular flexibility index (Phi) is 3.31. The molecule has 1 aromatic heterocycles. The maximum Gasteiger partial charge on any atom is 0.229 e. The minimum atomic E-state index is -0.139. The van der Waals surface area contributed by atoms with Crippen LogP contribution in [0.5, 0.6) is 5.75 Å². The topological polar surface area (TPSA) is 64.4 Å². The predicted molar refractivity (Wildman–Crippen MR) is 80.3 cm³/mol. The van der Waals surface area contributed by atoms with Gasteiger partial charge < -0.3 is 14.5 Å². The molecule has 0 saturated carbocycles. The fraction of sp³-hybridized carbons (Fsp3) is 0.125. The lowest BCUT2D eigenvalue weighted by atomic mass is 10.2. The second-order valence-corrected chi connectivity index (χ2v) is 4.58. The summed E-state index contributed by atoms with van der Waals surface area (Å²) in [5, 5.41) is 2.78. The van der Waals surface area contributed by atoms with E-state index in [0.29, 0.717) is 22.7 Å². The Morgan fingerprint density at radius 2 is 2.05 bits per heavy atom. The van der Waals surface area contributed by atoms with Crippen LogP contribution < -0.4 is 10.1 Å². The minimum absolute atomic E-state index is 0.139. The molecule has 0 saturated heterocycles. The fourth-order valence-corrected chi connectivity index (χ4v) is 2.12. The summed E-state index contributed by atoms with van der Waals surface area (Å²) in [6.45, 7) is 1.47. The summed E-state index contributed by atoms with van der Waals surface area (Å²) in [4.78, 5) is 15.7. The summed E-state index contributed by atoms with van der Waals surface area (Å²) in [5.41, 5.74) is 2.79. The van der Waals surface area contributed by atoms with Gasteiger partial charge in [-0.1, -0.05) is 12.1 Å². The normalized spacial score (nSPS) is 10.6. The lowest BCUT2D eigenvalue weighted by Crippen LogP contribution is -2.06. The summed E-state index contributed by atoms with van der Waals surface area (Å²) < 4.78 is 10.9. The highest BCUT2D eigenvalue weighted by Gasteiger charge is 2.13. The average molecular weight is 282 g/mol. The zero-order chi connectivity index (χ0) is 14.8. The van der Waals surface area contributed by atoms with E-state index in [0.717, 1.165) is 11.3 Å². The third-order valence-electron chi connectivity index (χ3n) is 3.06. The second kappa shape index (κ2) is 5.28. The molecule has 5 heteroatoms. The van der Waals surface area contributed by atoms with Crippen molar-refractivity contribution in [2.45, 2.75) is 6.92 Å². The minimum Gasteiger partial charge on any atom is -0.497 e. The number of carbonyl (C=O) groups excluding carboxylic acids is 1. The van der Waals surface area contributed by atoms with Gasteiger partial charge in [0.15, 0.2) is 5.58 Å². The molecule has 21 heavy (non-hydrogen) atoms. The number of amides is 1. The fourth-order valence-electron chi connectivity index (χ4n) is 2.12. The van der Waals surface area contributed by atoms with Gasteiger partial charge in [-0.25, -0.2) is 4.98 Å².